The summed E-state index contributed by atoms with van der Waals surface area (Å²) in [5.41, 5.74) is -1.49. The van der Waals surface area contributed by atoms with Crippen LogP contribution in [0.25, 0.3) is 0 Å². The quantitative estimate of drug-likeness (QED) is 0.812. The third-order valence-corrected chi connectivity index (χ3v) is 3.70. The van der Waals surface area contributed by atoms with Crippen molar-refractivity contribution in [1.82, 2.24) is 4.90 Å². The summed E-state index contributed by atoms with van der Waals surface area (Å²) in [6.07, 6.45) is -11.7. The summed E-state index contributed by atoms with van der Waals surface area (Å²) in [5, 5.41) is 9.04. The molecule has 1 saturated heterocycles. The van der Waals surface area contributed by atoms with Crippen LogP contribution in [-0.4, -0.2) is 47.3 Å². The maximum Gasteiger partial charge on any atom is 0.409 e. The number of carbonyl (C=O) groups excluding carboxylic acids is 1. The first-order valence-corrected chi connectivity index (χ1v) is 6.01. The third kappa shape index (κ3) is 3.41. The number of alkyl halides is 6. The third-order valence-electron chi connectivity index (χ3n) is 3.70. The molecular weight excluding hydrogens is 308 g/mol. The first-order valence-electron chi connectivity index (χ1n) is 6.01. The Morgan fingerprint density at radius 3 is 1.95 bits per heavy atom. The molecule has 1 rings (SSSR count). The van der Waals surface area contributed by atoms with Gasteiger partial charge in [-0.1, -0.05) is 6.92 Å². The van der Waals surface area contributed by atoms with E-state index in [4.69, 9.17) is 5.11 Å². The van der Waals surface area contributed by atoms with Gasteiger partial charge in [-0.05, 0) is 12.8 Å². The molecule has 0 aromatic rings. The lowest BCUT2D eigenvalue weighted by atomic mass is 9.84. The molecule has 1 heterocycles. The summed E-state index contributed by atoms with van der Waals surface area (Å²) in [4.78, 5) is 23.0. The molecule has 122 valence electrons. The van der Waals surface area contributed by atoms with Crippen molar-refractivity contribution >= 4 is 11.9 Å². The maximum absolute atomic E-state index is 12.5. The Balaban J connectivity index is 3.01. The van der Waals surface area contributed by atoms with E-state index in [1.807, 2.05) is 0 Å². The van der Waals surface area contributed by atoms with Gasteiger partial charge in [0.15, 0.2) is 0 Å². The van der Waals surface area contributed by atoms with E-state index in [2.05, 4.69) is 0 Å². The number of carboxylic acids is 1. The van der Waals surface area contributed by atoms with Gasteiger partial charge >= 0.3 is 18.3 Å². The largest absolute Gasteiger partial charge is 0.481 e. The van der Waals surface area contributed by atoms with E-state index in [-0.39, 0.29) is 12.8 Å². The number of nitrogens with zero attached hydrogens (tertiary/aromatic N) is 1. The minimum absolute atomic E-state index is 0.00875. The van der Waals surface area contributed by atoms with Crippen LogP contribution in [0.1, 0.15) is 19.8 Å². The lowest BCUT2D eigenvalue weighted by Gasteiger charge is -2.28. The number of amides is 1. The van der Waals surface area contributed by atoms with E-state index in [0.717, 1.165) is 0 Å². The molecule has 1 atom stereocenters. The number of halogens is 6. The Hall–Kier alpha value is -1.48. The highest BCUT2D eigenvalue weighted by atomic mass is 19.4. The molecule has 0 aromatic heterocycles. The van der Waals surface area contributed by atoms with Crippen molar-refractivity contribution in [3.05, 3.63) is 0 Å². The Labute approximate surface area is 115 Å². The Morgan fingerprint density at radius 2 is 1.67 bits per heavy atom. The fourth-order valence-corrected chi connectivity index (χ4v) is 2.32. The molecule has 1 N–H and O–H groups in total. The van der Waals surface area contributed by atoms with E-state index in [1.165, 1.54) is 6.92 Å². The van der Waals surface area contributed by atoms with Crippen molar-refractivity contribution in [3.63, 3.8) is 0 Å². The van der Waals surface area contributed by atoms with Crippen molar-refractivity contribution in [2.75, 3.05) is 13.1 Å². The fraction of sp³-hybridized carbons (Fsp3) is 0.818. The van der Waals surface area contributed by atoms with Gasteiger partial charge in [0.05, 0.1) is 5.41 Å². The van der Waals surface area contributed by atoms with Gasteiger partial charge in [-0.2, -0.15) is 26.3 Å². The first-order chi connectivity index (χ1) is 9.35. The van der Waals surface area contributed by atoms with E-state index in [9.17, 15) is 35.9 Å². The molecule has 21 heavy (non-hydrogen) atoms. The topological polar surface area (TPSA) is 57.6 Å². The SMILES string of the molecule is CCC1(C(=O)O)CCN(C(=O)C(C(F)(F)F)C(F)(F)F)C1. The molecule has 0 spiro atoms. The van der Waals surface area contributed by atoms with Gasteiger partial charge in [0, 0.05) is 13.1 Å². The van der Waals surface area contributed by atoms with Crippen LogP contribution < -0.4 is 0 Å². The van der Waals surface area contributed by atoms with Crippen molar-refractivity contribution in [1.29, 1.82) is 0 Å². The average Bonchev–Trinajstić information content (AvgIpc) is 2.70. The average molecular weight is 321 g/mol. The molecule has 1 amide bonds. The zero-order valence-electron chi connectivity index (χ0n) is 10.9. The molecule has 0 radical (unpaired) electrons. The molecule has 0 aliphatic carbocycles. The second-order valence-corrected chi connectivity index (χ2v) is 4.97. The van der Waals surface area contributed by atoms with Crippen LogP contribution in [0, 0.1) is 11.3 Å². The number of hydrogen-bond acceptors (Lipinski definition) is 2. The summed E-state index contributed by atoms with van der Waals surface area (Å²) >= 11 is 0. The molecule has 4 nitrogen and oxygen atoms in total. The predicted molar refractivity (Wildman–Crippen MR) is 57.2 cm³/mol. The van der Waals surface area contributed by atoms with Crippen molar-refractivity contribution in [2.45, 2.75) is 32.1 Å². The van der Waals surface area contributed by atoms with Crippen molar-refractivity contribution < 1.29 is 41.0 Å². The lowest BCUT2D eigenvalue weighted by Crippen LogP contribution is -2.49. The van der Waals surface area contributed by atoms with E-state index in [0.29, 0.717) is 4.90 Å². The molecule has 0 bridgehead atoms. The van der Waals surface area contributed by atoms with Gasteiger partial charge in [-0.3, -0.25) is 9.59 Å². The number of aliphatic carboxylic acids is 1. The molecule has 1 aliphatic rings. The number of hydrogen-bond donors (Lipinski definition) is 1. The second-order valence-electron chi connectivity index (χ2n) is 4.97. The summed E-state index contributed by atoms with van der Waals surface area (Å²) in [6, 6.07) is 0. The molecule has 0 aromatic carbocycles. The molecular formula is C11H13F6NO3. The van der Waals surface area contributed by atoms with Crippen LogP contribution in [0.3, 0.4) is 0 Å². The Bertz CT molecular complexity index is 419. The summed E-state index contributed by atoms with van der Waals surface area (Å²) in [6.45, 7) is 0.356. The minimum atomic E-state index is -5.77. The van der Waals surface area contributed by atoms with Crippen LogP contribution in [0.5, 0.6) is 0 Å². The van der Waals surface area contributed by atoms with Crippen LogP contribution in [-0.2, 0) is 9.59 Å². The Morgan fingerprint density at radius 1 is 1.19 bits per heavy atom. The van der Waals surface area contributed by atoms with Gasteiger partial charge in [0.25, 0.3) is 0 Å². The first kappa shape index (κ1) is 17.6. The zero-order chi connectivity index (χ0) is 16.6. The predicted octanol–water partition coefficient (Wildman–Crippen LogP) is 2.44. The molecule has 1 aliphatic heterocycles. The van der Waals surface area contributed by atoms with E-state index in [1.54, 1.807) is 0 Å². The minimum Gasteiger partial charge on any atom is -0.481 e. The fourth-order valence-electron chi connectivity index (χ4n) is 2.32. The Kier molecular flexibility index (Phi) is 4.50. The highest BCUT2D eigenvalue weighted by molar-refractivity contribution is 5.83. The highest BCUT2D eigenvalue weighted by Crippen LogP contribution is 2.42. The summed E-state index contributed by atoms with van der Waals surface area (Å²) in [5.74, 6) is -7.60. The van der Waals surface area contributed by atoms with E-state index >= 15 is 0 Å². The van der Waals surface area contributed by atoms with Crippen LogP contribution in [0.2, 0.25) is 0 Å². The van der Waals surface area contributed by atoms with Crippen molar-refractivity contribution in [3.8, 4) is 0 Å². The van der Waals surface area contributed by atoms with Crippen LogP contribution in [0.4, 0.5) is 26.3 Å². The van der Waals surface area contributed by atoms with Crippen molar-refractivity contribution in [2.24, 2.45) is 11.3 Å². The smallest absolute Gasteiger partial charge is 0.409 e. The monoisotopic (exact) mass is 321 g/mol. The molecule has 1 unspecified atom stereocenters. The molecule has 1 fully saturated rings. The number of carbonyl (C=O) groups is 2. The number of rotatable bonds is 3. The number of carboxylic acid groups (broad SMARTS) is 1. The molecule has 0 saturated carbocycles. The van der Waals surface area contributed by atoms with Crippen LogP contribution >= 0.6 is 0 Å². The van der Waals surface area contributed by atoms with Gasteiger partial charge < -0.3 is 10.0 Å². The highest BCUT2D eigenvalue weighted by Gasteiger charge is 2.63. The van der Waals surface area contributed by atoms with Gasteiger partial charge in [-0.25, -0.2) is 0 Å². The second kappa shape index (κ2) is 5.38. The van der Waals surface area contributed by atoms with Gasteiger partial charge in [0.1, 0.15) is 0 Å². The lowest BCUT2D eigenvalue weighted by molar-refractivity contribution is -0.277. The number of likely N-dealkylation sites (tertiary alicyclic amines) is 1. The summed E-state index contributed by atoms with van der Waals surface area (Å²) in [7, 11) is 0. The van der Waals surface area contributed by atoms with Crippen LogP contribution in [0.15, 0.2) is 0 Å². The normalized spacial score (nSPS) is 23.7. The summed E-state index contributed by atoms with van der Waals surface area (Å²) < 4.78 is 74.8. The molecule has 10 heteroatoms. The zero-order valence-corrected chi connectivity index (χ0v) is 10.9. The standard InChI is InChI=1S/C11H13F6NO3/c1-2-9(8(20)21)3-4-18(5-9)7(19)6(10(12,13)14)11(15,16)17/h6H,2-5H2,1H3,(H,20,21). The van der Waals surface area contributed by atoms with Gasteiger partial charge in [0.2, 0.25) is 11.8 Å². The maximum atomic E-state index is 12.5. The van der Waals surface area contributed by atoms with E-state index < -0.39 is 48.7 Å². The van der Waals surface area contributed by atoms with Gasteiger partial charge in [-0.15, -0.1) is 0 Å².